The van der Waals surface area contributed by atoms with E-state index in [1.807, 2.05) is 12.1 Å². The molecule has 1 saturated carbocycles. The molecule has 6 nitrogen and oxygen atoms in total. The third-order valence-corrected chi connectivity index (χ3v) is 7.00. The fraction of sp³-hybridized carbons (Fsp3) is 0.600. The van der Waals surface area contributed by atoms with Crippen LogP contribution in [0, 0.1) is 5.41 Å². The van der Waals surface area contributed by atoms with Crippen LogP contribution in [0.2, 0.25) is 0 Å². The Labute approximate surface area is 173 Å². The first-order valence-corrected chi connectivity index (χ1v) is 12.0. The number of rotatable bonds is 10. The van der Waals surface area contributed by atoms with E-state index < -0.39 is 15.9 Å². The summed E-state index contributed by atoms with van der Waals surface area (Å²) in [6, 6.07) is 6.82. The minimum atomic E-state index is -2.94. The number of thiocarbonyl (C=S) groups is 1. The van der Waals surface area contributed by atoms with Crippen LogP contribution in [0.4, 0.5) is 5.69 Å². The maximum atomic E-state index is 12.3. The second kappa shape index (κ2) is 9.69. The van der Waals surface area contributed by atoms with Gasteiger partial charge < -0.3 is 15.8 Å². The summed E-state index contributed by atoms with van der Waals surface area (Å²) < 4.78 is 27.6. The molecule has 3 N–H and O–H groups in total. The molecule has 8 heteroatoms. The Hall–Kier alpha value is -1.67. The molecule has 1 atom stereocenters. The van der Waals surface area contributed by atoms with E-state index in [9.17, 15) is 13.2 Å². The maximum absolute atomic E-state index is 12.3. The van der Waals surface area contributed by atoms with Gasteiger partial charge in [0.2, 0.25) is 0 Å². The third-order valence-electron chi connectivity index (χ3n) is 5.42. The molecule has 1 aromatic carbocycles. The summed E-state index contributed by atoms with van der Waals surface area (Å²) in [7, 11) is -1.57. The topological polar surface area (TPSA) is 98.5 Å². The van der Waals surface area contributed by atoms with Gasteiger partial charge in [0.05, 0.1) is 12.1 Å². The van der Waals surface area contributed by atoms with E-state index in [4.69, 9.17) is 22.7 Å². The molecule has 0 spiro atoms. The normalized spacial score (nSPS) is 16.6. The zero-order valence-corrected chi connectivity index (χ0v) is 18.2. The molecule has 1 aliphatic rings. The van der Waals surface area contributed by atoms with E-state index in [0.717, 1.165) is 37.7 Å². The highest BCUT2D eigenvalue weighted by Crippen LogP contribution is 2.46. The number of unbranched alkanes of at least 4 members (excludes halogenated alkanes) is 1. The number of hydrogen-bond donors (Lipinski definition) is 2. The minimum absolute atomic E-state index is 0.139. The van der Waals surface area contributed by atoms with Crippen LogP contribution in [0.5, 0.6) is 0 Å². The lowest BCUT2D eigenvalue weighted by molar-refractivity contribution is -0.142. The van der Waals surface area contributed by atoms with Gasteiger partial charge in [-0.15, -0.1) is 0 Å². The molecule has 28 heavy (non-hydrogen) atoms. The van der Waals surface area contributed by atoms with E-state index in [1.54, 1.807) is 12.1 Å². The van der Waals surface area contributed by atoms with Gasteiger partial charge in [0.1, 0.15) is 15.9 Å². The Morgan fingerprint density at radius 3 is 2.43 bits per heavy atom. The fourth-order valence-electron chi connectivity index (χ4n) is 3.56. The number of carbonyl (C=O) groups is 1. The molecular weight excluding hydrogens is 396 g/mol. The lowest BCUT2D eigenvalue weighted by atomic mass is 9.65. The van der Waals surface area contributed by atoms with Gasteiger partial charge in [0.25, 0.3) is 0 Å². The Balaban J connectivity index is 1.99. The van der Waals surface area contributed by atoms with Crippen molar-refractivity contribution < 1.29 is 17.9 Å². The highest BCUT2D eigenvalue weighted by atomic mass is 32.2. The van der Waals surface area contributed by atoms with E-state index in [-0.39, 0.29) is 17.1 Å². The van der Waals surface area contributed by atoms with Crippen LogP contribution >= 0.6 is 12.2 Å². The van der Waals surface area contributed by atoms with Gasteiger partial charge >= 0.3 is 5.97 Å². The number of carbonyl (C=O) groups excluding carboxylic acids is 1. The highest BCUT2D eigenvalue weighted by Gasteiger charge is 2.41. The minimum Gasteiger partial charge on any atom is -0.467 e. The van der Waals surface area contributed by atoms with Gasteiger partial charge in [-0.2, -0.15) is 0 Å². The standard InChI is InChI=1S/C20H30N2O4S2/c1-26-18(23)17(14-15-6-8-16(21)9-7-15)22-19(27)20(11-5-12-20)10-3-4-13-28(2,24)25/h6-9,17H,3-5,10-14,21H2,1-2H3,(H,22,27)/t17-/m0/s1. The zero-order chi connectivity index (χ0) is 20.8. The Bertz CT molecular complexity index is 787. The summed E-state index contributed by atoms with van der Waals surface area (Å²) in [6.07, 6.45) is 7.01. The molecule has 0 aromatic heterocycles. The van der Waals surface area contributed by atoms with Crippen LogP contribution in [-0.2, 0) is 25.8 Å². The van der Waals surface area contributed by atoms with Crippen LogP contribution in [0.1, 0.15) is 44.1 Å². The van der Waals surface area contributed by atoms with Crippen LogP contribution in [0.3, 0.4) is 0 Å². The van der Waals surface area contributed by atoms with Gasteiger partial charge in [-0.05, 0) is 43.4 Å². The van der Waals surface area contributed by atoms with Crippen molar-refractivity contribution in [3.8, 4) is 0 Å². The summed E-state index contributed by atoms with van der Waals surface area (Å²) in [5, 5.41) is 3.24. The SMILES string of the molecule is COC(=O)[C@H](Cc1ccc(N)cc1)NC(=S)C1(CCCCS(C)(=O)=O)CCC1. The predicted molar refractivity (Wildman–Crippen MR) is 116 cm³/mol. The molecule has 0 saturated heterocycles. The summed E-state index contributed by atoms with van der Waals surface area (Å²) >= 11 is 5.69. The van der Waals surface area contributed by atoms with Crippen molar-refractivity contribution >= 4 is 38.7 Å². The number of nitrogens with one attached hydrogen (secondary N) is 1. The van der Waals surface area contributed by atoms with Crippen LogP contribution in [-0.4, -0.2) is 44.5 Å². The van der Waals surface area contributed by atoms with Crippen molar-refractivity contribution in [1.29, 1.82) is 0 Å². The molecule has 156 valence electrons. The number of sulfone groups is 1. The average molecular weight is 427 g/mol. The molecule has 0 bridgehead atoms. The van der Waals surface area contributed by atoms with Gasteiger partial charge in [-0.3, -0.25) is 0 Å². The third kappa shape index (κ3) is 6.44. The summed E-state index contributed by atoms with van der Waals surface area (Å²) in [5.41, 5.74) is 7.23. The number of hydrogen-bond acceptors (Lipinski definition) is 6. The van der Waals surface area contributed by atoms with Gasteiger partial charge in [0.15, 0.2) is 0 Å². The van der Waals surface area contributed by atoms with Gasteiger partial charge in [-0.1, -0.05) is 37.2 Å². The van der Waals surface area contributed by atoms with E-state index >= 15 is 0 Å². The van der Waals surface area contributed by atoms with Crippen molar-refractivity contribution in [2.24, 2.45) is 5.41 Å². The predicted octanol–water partition coefficient (Wildman–Crippen LogP) is 2.66. The Morgan fingerprint density at radius 2 is 1.93 bits per heavy atom. The zero-order valence-electron chi connectivity index (χ0n) is 16.6. The van der Waals surface area contributed by atoms with Crippen LogP contribution in [0.25, 0.3) is 0 Å². The molecule has 0 unspecified atom stereocenters. The van der Waals surface area contributed by atoms with Gasteiger partial charge in [0, 0.05) is 29.5 Å². The summed E-state index contributed by atoms with van der Waals surface area (Å²) in [6.45, 7) is 0. The largest absolute Gasteiger partial charge is 0.467 e. The second-order valence-electron chi connectivity index (χ2n) is 7.72. The first kappa shape index (κ1) is 22.6. The monoisotopic (exact) mass is 426 g/mol. The molecule has 2 rings (SSSR count). The quantitative estimate of drug-likeness (QED) is 0.257. The molecule has 0 heterocycles. The maximum Gasteiger partial charge on any atom is 0.328 e. The van der Waals surface area contributed by atoms with E-state index in [2.05, 4.69) is 5.32 Å². The average Bonchev–Trinajstić information content (AvgIpc) is 2.59. The number of benzene rings is 1. The van der Waals surface area contributed by atoms with Gasteiger partial charge in [-0.25, -0.2) is 13.2 Å². The molecular formula is C20H30N2O4S2. The highest BCUT2D eigenvalue weighted by molar-refractivity contribution is 7.90. The number of esters is 1. The molecule has 1 fully saturated rings. The molecule has 1 aliphatic carbocycles. The lowest BCUT2D eigenvalue weighted by Crippen LogP contribution is -2.51. The van der Waals surface area contributed by atoms with Crippen molar-refractivity contribution in [3.63, 3.8) is 0 Å². The molecule has 0 aliphatic heterocycles. The van der Waals surface area contributed by atoms with E-state index in [0.29, 0.717) is 23.5 Å². The smallest absolute Gasteiger partial charge is 0.328 e. The number of nitrogen functional groups attached to an aromatic ring is 1. The fourth-order valence-corrected chi connectivity index (χ4v) is 4.74. The lowest BCUT2D eigenvalue weighted by Gasteiger charge is -2.43. The molecule has 0 radical (unpaired) electrons. The Kier molecular flexibility index (Phi) is 7.83. The van der Waals surface area contributed by atoms with Crippen LogP contribution in [0.15, 0.2) is 24.3 Å². The van der Waals surface area contributed by atoms with Crippen molar-refractivity contribution in [1.82, 2.24) is 5.32 Å². The van der Waals surface area contributed by atoms with Crippen molar-refractivity contribution in [3.05, 3.63) is 29.8 Å². The number of methoxy groups -OCH3 is 1. The number of anilines is 1. The van der Waals surface area contributed by atoms with Crippen molar-refractivity contribution in [2.45, 2.75) is 51.0 Å². The summed E-state index contributed by atoms with van der Waals surface area (Å²) in [4.78, 5) is 13.0. The second-order valence-corrected chi connectivity index (χ2v) is 10.4. The number of nitrogens with two attached hydrogens (primary N) is 1. The summed E-state index contributed by atoms with van der Waals surface area (Å²) in [5.74, 6) is -0.156. The van der Waals surface area contributed by atoms with Crippen molar-refractivity contribution in [2.75, 3.05) is 24.9 Å². The van der Waals surface area contributed by atoms with Crippen LogP contribution < -0.4 is 11.1 Å². The molecule has 0 amide bonds. The van der Waals surface area contributed by atoms with E-state index in [1.165, 1.54) is 13.4 Å². The molecule has 1 aromatic rings. The first-order valence-electron chi connectivity index (χ1n) is 9.56. The number of ether oxygens (including phenoxy) is 1. The first-order chi connectivity index (χ1) is 13.1. The Morgan fingerprint density at radius 1 is 1.29 bits per heavy atom.